The first-order chi connectivity index (χ1) is 16.3. The van der Waals surface area contributed by atoms with E-state index in [1.54, 1.807) is 25.1 Å². The van der Waals surface area contributed by atoms with Gasteiger partial charge in [-0.1, -0.05) is 17.1 Å². The number of carboxylic acid groups (broad SMARTS) is 1. The Kier molecular flexibility index (Phi) is 8.33. The highest BCUT2D eigenvalue weighted by Crippen LogP contribution is 2.26. The highest BCUT2D eigenvalue weighted by atomic mass is 32.1. The SMILES string of the molecule is COc1c(C(CCCc2ccc(C(=O)O)s2)=NO)cc(C#CCc2ccc(F)c(F)c2)nc1C. The standard InChI is InChI=1S/C25H22F2N2O4S/c1-15-24(33-2)19(22(29-32)8-4-7-18-10-12-23(34-18)25(30)31)14-17(28-15)6-3-5-16-9-11-20(26)21(27)13-16/h9-14,32H,4-5,7-8H2,1-2H3,(H,30,31). The van der Waals surface area contributed by atoms with Gasteiger partial charge >= 0.3 is 5.97 Å². The number of ether oxygens (including phenoxy) is 1. The highest BCUT2D eigenvalue weighted by Gasteiger charge is 2.16. The molecule has 3 rings (SSSR count). The van der Waals surface area contributed by atoms with E-state index in [9.17, 15) is 18.8 Å². The van der Waals surface area contributed by atoms with Gasteiger partial charge in [0.2, 0.25) is 0 Å². The summed E-state index contributed by atoms with van der Waals surface area (Å²) in [5.74, 6) is 3.48. The van der Waals surface area contributed by atoms with Crippen LogP contribution in [-0.4, -0.2) is 34.1 Å². The van der Waals surface area contributed by atoms with Gasteiger partial charge in [0, 0.05) is 16.9 Å². The number of aryl methyl sites for hydroxylation is 2. The minimum Gasteiger partial charge on any atom is -0.494 e. The average Bonchev–Trinajstić information content (AvgIpc) is 3.28. The molecule has 9 heteroatoms. The van der Waals surface area contributed by atoms with Gasteiger partial charge in [-0.05, 0) is 68.0 Å². The lowest BCUT2D eigenvalue weighted by Gasteiger charge is -2.12. The zero-order chi connectivity index (χ0) is 24.7. The Morgan fingerprint density at radius 2 is 2.00 bits per heavy atom. The number of hydrogen-bond donors (Lipinski definition) is 2. The van der Waals surface area contributed by atoms with Crippen LogP contribution in [0, 0.1) is 30.4 Å². The summed E-state index contributed by atoms with van der Waals surface area (Å²) in [7, 11) is 1.50. The molecule has 3 aromatic rings. The average molecular weight is 485 g/mol. The van der Waals surface area contributed by atoms with Crippen molar-refractivity contribution in [3.8, 4) is 17.6 Å². The maximum Gasteiger partial charge on any atom is 0.345 e. The number of pyridine rings is 1. The van der Waals surface area contributed by atoms with Crippen molar-refractivity contribution in [3.05, 3.63) is 80.3 Å². The summed E-state index contributed by atoms with van der Waals surface area (Å²) in [4.78, 5) is 16.7. The fraction of sp³-hybridized carbons (Fsp3) is 0.240. The van der Waals surface area contributed by atoms with Gasteiger partial charge in [-0.15, -0.1) is 11.3 Å². The van der Waals surface area contributed by atoms with Gasteiger partial charge in [-0.3, -0.25) is 0 Å². The van der Waals surface area contributed by atoms with Crippen LogP contribution < -0.4 is 4.74 Å². The summed E-state index contributed by atoms with van der Waals surface area (Å²) in [5, 5.41) is 22.2. The van der Waals surface area contributed by atoms with Crippen LogP contribution in [0.3, 0.4) is 0 Å². The van der Waals surface area contributed by atoms with Crippen molar-refractivity contribution in [1.82, 2.24) is 4.98 Å². The number of hydrogen-bond acceptors (Lipinski definition) is 6. The first-order valence-corrected chi connectivity index (χ1v) is 11.2. The maximum absolute atomic E-state index is 13.4. The number of oxime groups is 1. The van der Waals surface area contributed by atoms with Crippen LogP contribution in [0.2, 0.25) is 0 Å². The second-order valence-corrected chi connectivity index (χ2v) is 8.54. The summed E-state index contributed by atoms with van der Waals surface area (Å²) in [6.45, 7) is 1.75. The summed E-state index contributed by atoms with van der Waals surface area (Å²) in [6, 6.07) is 8.64. The lowest BCUT2D eigenvalue weighted by molar-refractivity contribution is 0.0702. The third kappa shape index (κ3) is 6.17. The molecule has 6 nitrogen and oxygen atoms in total. The Bertz CT molecular complexity index is 1290. The summed E-state index contributed by atoms with van der Waals surface area (Å²) in [6.07, 6.45) is 1.88. The molecule has 2 N–H and O–H groups in total. The molecule has 2 aromatic heterocycles. The summed E-state index contributed by atoms with van der Waals surface area (Å²) < 4.78 is 31.9. The van der Waals surface area contributed by atoms with Crippen LogP contribution in [0.4, 0.5) is 8.78 Å². The van der Waals surface area contributed by atoms with Crippen molar-refractivity contribution in [2.75, 3.05) is 7.11 Å². The molecule has 0 aliphatic rings. The molecule has 0 radical (unpaired) electrons. The molecule has 0 fully saturated rings. The fourth-order valence-corrected chi connectivity index (χ4v) is 4.27. The van der Waals surface area contributed by atoms with Crippen molar-refractivity contribution in [1.29, 1.82) is 0 Å². The largest absolute Gasteiger partial charge is 0.494 e. The highest BCUT2D eigenvalue weighted by molar-refractivity contribution is 7.13. The zero-order valence-electron chi connectivity index (χ0n) is 18.6. The molecule has 0 aliphatic carbocycles. The van der Waals surface area contributed by atoms with E-state index < -0.39 is 17.6 Å². The number of methoxy groups -OCH3 is 1. The fourth-order valence-electron chi connectivity index (χ4n) is 3.38. The van der Waals surface area contributed by atoms with Gasteiger partial charge in [0.1, 0.15) is 16.3 Å². The number of halogens is 2. The minimum atomic E-state index is -0.955. The molecule has 0 amide bonds. The number of aromatic nitrogens is 1. The van der Waals surface area contributed by atoms with Crippen LogP contribution >= 0.6 is 11.3 Å². The maximum atomic E-state index is 13.4. The van der Waals surface area contributed by atoms with Gasteiger partial charge in [-0.2, -0.15) is 0 Å². The molecule has 0 aliphatic heterocycles. The van der Waals surface area contributed by atoms with Crippen molar-refractivity contribution >= 4 is 23.0 Å². The van der Waals surface area contributed by atoms with Crippen LogP contribution in [0.25, 0.3) is 0 Å². The Morgan fingerprint density at radius 3 is 2.65 bits per heavy atom. The van der Waals surface area contributed by atoms with E-state index >= 15 is 0 Å². The van der Waals surface area contributed by atoms with E-state index in [1.165, 1.54) is 24.5 Å². The van der Waals surface area contributed by atoms with E-state index in [1.807, 2.05) is 0 Å². The first-order valence-electron chi connectivity index (χ1n) is 10.3. The number of thiophene rings is 1. The van der Waals surface area contributed by atoms with E-state index in [4.69, 9.17) is 9.84 Å². The molecule has 34 heavy (non-hydrogen) atoms. The summed E-state index contributed by atoms with van der Waals surface area (Å²) >= 11 is 1.22. The van der Waals surface area contributed by atoms with Crippen LogP contribution in [0.15, 0.2) is 41.6 Å². The number of benzene rings is 1. The van der Waals surface area contributed by atoms with E-state index in [-0.39, 0.29) is 11.3 Å². The predicted molar refractivity (Wildman–Crippen MR) is 125 cm³/mol. The third-order valence-electron chi connectivity index (χ3n) is 4.98. The van der Waals surface area contributed by atoms with E-state index in [0.29, 0.717) is 53.2 Å². The van der Waals surface area contributed by atoms with Gasteiger partial charge in [0.25, 0.3) is 0 Å². The molecule has 0 unspecified atom stereocenters. The van der Waals surface area contributed by atoms with Gasteiger partial charge in [-0.25, -0.2) is 18.6 Å². The molecule has 0 bridgehead atoms. The van der Waals surface area contributed by atoms with Crippen molar-refractivity contribution in [2.24, 2.45) is 5.16 Å². The summed E-state index contributed by atoms with van der Waals surface area (Å²) in [5.41, 5.74) is 2.45. The Labute approximate surface area is 199 Å². The molecule has 0 atom stereocenters. The number of aromatic carboxylic acids is 1. The lowest BCUT2D eigenvalue weighted by Crippen LogP contribution is -2.08. The lowest BCUT2D eigenvalue weighted by atomic mass is 10.0. The van der Waals surface area contributed by atoms with Crippen LogP contribution in [-0.2, 0) is 12.8 Å². The molecule has 0 saturated carbocycles. The second-order valence-electron chi connectivity index (χ2n) is 7.37. The molecular weight excluding hydrogens is 462 g/mol. The number of nitrogens with zero attached hydrogens (tertiary/aromatic N) is 2. The van der Waals surface area contributed by atoms with Gasteiger partial charge < -0.3 is 15.1 Å². The van der Waals surface area contributed by atoms with Gasteiger partial charge in [0.15, 0.2) is 11.6 Å². The molecule has 2 heterocycles. The monoisotopic (exact) mass is 484 g/mol. The predicted octanol–water partition coefficient (Wildman–Crippen LogP) is 5.23. The number of carbonyl (C=O) groups is 1. The smallest absolute Gasteiger partial charge is 0.345 e. The molecule has 176 valence electrons. The third-order valence-corrected chi connectivity index (χ3v) is 6.11. The van der Waals surface area contributed by atoms with Gasteiger partial charge in [0.05, 0.1) is 18.5 Å². The number of carboxylic acids is 1. The Morgan fingerprint density at radius 1 is 1.21 bits per heavy atom. The van der Waals surface area contributed by atoms with Crippen molar-refractivity contribution < 1.29 is 28.6 Å². The van der Waals surface area contributed by atoms with Crippen LogP contribution in [0.5, 0.6) is 5.75 Å². The first kappa shape index (κ1) is 24.9. The van der Waals surface area contributed by atoms with Crippen molar-refractivity contribution in [3.63, 3.8) is 0 Å². The minimum absolute atomic E-state index is 0.208. The van der Waals surface area contributed by atoms with E-state index in [2.05, 4.69) is 22.0 Å². The topological polar surface area (TPSA) is 92.0 Å². The molecule has 0 spiro atoms. The van der Waals surface area contributed by atoms with Crippen molar-refractivity contribution in [2.45, 2.75) is 32.6 Å². The van der Waals surface area contributed by atoms with E-state index in [0.717, 1.165) is 17.0 Å². The van der Waals surface area contributed by atoms with Crippen LogP contribution in [0.1, 0.15) is 49.9 Å². The Hall–Kier alpha value is -3.77. The normalized spacial score (nSPS) is 11.1. The molecule has 0 saturated heterocycles. The number of rotatable bonds is 8. The quantitative estimate of drug-likeness (QED) is 0.198. The molecule has 1 aromatic carbocycles. The Balaban J connectivity index is 1.76. The second kappa shape index (κ2) is 11.4. The molecular formula is C25H22F2N2O4S. The zero-order valence-corrected chi connectivity index (χ0v) is 19.4.